The van der Waals surface area contributed by atoms with E-state index in [1.165, 1.54) is 12.8 Å². The second kappa shape index (κ2) is 5.79. The van der Waals surface area contributed by atoms with E-state index in [9.17, 15) is 4.79 Å². The molecule has 4 nitrogen and oxygen atoms in total. The molecule has 4 unspecified atom stereocenters. The summed E-state index contributed by atoms with van der Waals surface area (Å²) in [7, 11) is 0. The maximum atomic E-state index is 13.3. The molecule has 0 bridgehead atoms. The van der Waals surface area contributed by atoms with Crippen LogP contribution in [0.5, 0.6) is 0 Å². The highest BCUT2D eigenvalue weighted by molar-refractivity contribution is 5.89. The molecule has 3 fully saturated rings. The molecule has 2 aliphatic heterocycles. The van der Waals surface area contributed by atoms with E-state index in [1.807, 2.05) is 0 Å². The predicted molar refractivity (Wildman–Crippen MR) is 87.4 cm³/mol. The smallest absolute Gasteiger partial charge is 0.243 e. The van der Waals surface area contributed by atoms with Crippen LogP contribution in [0.15, 0.2) is 0 Å². The van der Waals surface area contributed by atoms with Gasteiger partial charge in [-0.25, -0.2) is 0 Å². The maximum Gasteiger partial charge on any atom is 0.243 e. The lowest BCUT2D eigenvalue weighted by molar-refractivity contribution is -0.230. The highest BCUT2D eigenvalue weighted by Crippen LogP contribution is 2.58. The van der Waals surface area contributed by atoms with E-state index < -0.39 is 5.54 Å². The lowest BCUT2D eigenvalue weighted by Gasteiger charge is -2.65. The quantitative estimate of drug-likeness (QED) is 0.853. The summed E-state index contributed by atoms with van der Waals surface area (Å²) in [4.78, 5) is 15.3. The molecule has 22 heavy (non-hydrogen) atoms. The topological polar surface area (TPSA) is 55.6 Å². The molecule has 0 aromatic rings. The van der Waals surface area contributed by atoms with E-state index in [4.69, 9.17) is 10.5 Å². The Hall–Kier alpha value is -0.610. The van der Waals surface area contributed by atoms with E-state index in [1.54, 1.807) is 0 Å². The van der Waals surface area contributed by atoms with Crippen molar-refractivity contribution in [1.29, 1.82) is 0 Å². The molecule has 0 aromatic carbocycles. The van der Waals surface area contributed by atoms with Gasteiger partial charge in [0.1, 0.15) is 5.54 Å². The summed E-state index contributed by atoms with van der Waals surface area (Å²) in [5, 5.41) is 0. The summed E-state index contributed by atoms with van der Waals surface area (Å²) in [5.41, 5.74) is 5.77. The zero-order valence-corrected chi connectivity index (χ0v) is 14.4. The molecule has 0 aromatic heterocycles. The number of hydrogen-bond donors (Lipinski definition) is 1. The second-order valence-electron chi connectivity index (χ2n) is 8.13. The number of fused-ring (bicyclic) bond motifs is 1. The van der Waals surface area contributed by atoms with Gasteiger partial charge in [-0.15, -0.1) is 0 Å². The number of nitrogens with zero attached hydrogens (tertiary/aromatic N) is 1. The number of hydrogen-bond acceptors (Lipinski definition) is 3. The average molecular weight is 308 g/mol. The molecule has 4 heteroatoms. The Morgan fingerprint density at radius 2 is 2.00 bits per heavy atom. The molecule has 0 spiro atoms. The minimum Gasteiger partial charge on any atom is -0.377 e. The average Bonchev–Trinajstić information content (AvgIpc) is 2.78. The van der Waals surface area contributed by atoms with Gasteiger partial charge in [0.25, 0.3) is 0 Å². The van der Waals surface area contributed by atoms with Gasteiger partial charge in [0, 0.05) is 31.0 Å². The standard InChI is InChI=1S/C18H32N2O2/c1-4-13-7-5-10-20(11-9-13)16(21)18(19)14-8-6-12-22-15(14)17(18,2)3/h13-15H,4-12,19H2,1-3H3. The number of amides is 1. The number of carbonyl (C=O) groups is 1. The van der Waals surface area contributed by atoms with E-state index in [-0.39, 0.29) is 23.3 Å². The van der Waals surface area contributed by atoms with Crippen molar-refractivity contribution in [1.82, 2.24) is 4.90 Å². The van der Waals surface area contributed by atoms with Crippen LogP contribution in [0, 0.1) is 17.3 Å². The monoisotopic (exact) mass is 308 g/mol. The van der Waals surface area contributed by atoms with Crippen molar-refractivity contribution >= 4 is 5.91 Å². The van der Waals surface area contributed by atoms with Crippen LogP contribution in [0.2, 0.25) is 0 Å². The number of nitrogens with two attached hydrogens (primary N) is 1. The third-order valence-electron chi connectivity index (χ3n) is 6.75. The van der Waals surface area contributed by atoms with Gasteiger partial charge in [0.15, 0.2) is 0 Å². The SMILES string of the molecule is CCC1CCCN(C(=O)C2(N)C3CCCOC3C2(C)C)CC1. The Morgan fingerprint density at radius 3 is 2.73 bits per heavy atom. The predicted octanol–water partition coefficient (Wildman–Crippen LogP) is 2.56. The molecule has 2 saturated heterocycles. The molecule has 126 valence electrons. The summed E-state index contributed by atoms with van der Waals surface area (Å²) >= 11 is 0. The van der Waals surface area contributed by atoms with Crippen LogP contribution in [0.25, 0.3) is 0 Å². The van der Waals surface area contributed by atoms with E-state index >= 15 is 0 Å². The molecular formula is C18H32N2O2. The fourth-order valence-corrected chi connectivity index (χ4v) is 5.05. The van der Waals surface area contributed by atoms with Crippen molar-refractivity contribution in [3.63, 3.8) is 0 Å². The van der Waals surface area contributed by atoms with Crippen LogP contribution in [-0.4, -0.2) is 42.1 Å². The zero-order chi connectivity index (χ0) is 16.0. The Kier molecular flexibility index (Phi) is 4.28. The Bertz CT molecular complexity index is 437. The molecule has 3 aliphatic rings. The molecule has 2 heterocycles. The molecule has 0 radical (unpaired) electrons. The van der Waals surface area contributed by atoms with Gasteiger partial charge < -0.3 is 15.4 Å². The van der Waals surface area contributed by atoms with Gasteiger partial charge in [0.05, 0.1) is 6.10 Å². The number of rotatable bonds is 2. The van der Waals surface area contributed by atoms with E-state index in [0.29, 0.717) is 0 Å². The Morgan fingerprint density at radius 1 is 1.23 bits per heavy atom. The van der Waals surface area contributed by atoms with E-state index in [2.05, 4.69) is 25.7 Å². The van der Waals surface area contributed by atoms with Gasteiger partial charge in [-0.1, -0.05) is 27.2 Å². The minimum atomic E-state index is -0.732. The van der Waals surface area contributed by atoms with Crippen molar-refractivity contribution < 1.29 is 9.53 Å². The van der Waals surface area contributed by atoms with Crippen molar-refractivity contribution in [2.75, 3.05) is 19.7 Å². The molecule has 1 saturated carbocycles. The Labute approximate surface area is 134 Å². The summed E-state index contributed by atoms with van der Waals surface area (Å²) in [6, 6.07) is 0. The number of likely N-dealkylation sites (tertiary alicyclic amines) is 1. The first-order valence-corrected chi connectivity index (χ1v) is 9.12. The highest BCUT2D eigenvalue weighted by Gasteiger charge is 2.70. The summed E-state index contributed by atoms with van der Waals surface area (Å²) in [6.45, 7) is 9.06. The van der Waals surface area contributed by atoms with E-state index in [0.717, 1.165) is 51.3 Å². The van der Waals surface area contributed by atoms with Crippen LogP contribution in [-0.2, 0) is 9.53 Å². The largest absolute Gasteiger partial charge is 0.377 e. The molecule has 3 rings (SSSR count). The minimum absolute atomic E-state index is 0.158. The maximum absolute atomic E-state index is 13.3. The van der Waals surface area contributed by atoms with Crippen molar-refractivity contribution in [2.24, 2.45) is 23.0 Å². The fourth-order valence-electron chi connectivity index (χ4n) is 5.05. The van der Waals surface area contributed by atoms with Gasteiger partial charge in [-0.2, -0.15) is 0 Å². The van der Waals surface area contributed by atoms with Crippen LogP contribution in [0.1, 0.15) is 59.3 Å². The van der Waals surface area contributed by atoms with Gasteiger partial charge in [-0.3, -0.25) is 4.79 Å². The summed E-state index contributed by atoms with van der Waals surface area (Å²) in [6.07, 6.45) is 6.93. The molecule has 1 aliphatic carbocycles. The highest BCUT2D eigenvalue weighted by atomic mass is 16.5. The van der Waals surface area contributed by atoms with Gasteiger partial charge in [-0.05, 0) is 38.0 Å². The lowest BCUT2D eigenvalue weighted by atomic mass is 9.46. The number of carbonyl (C=O) groups excluding carboxylic acids is 1. The van der Waals surface area contributed by atoms with Crippen LogP contribution in [0.4, 0.5) is 0 Å². The second-order valence-corrected chi connectivity index (χ2v) is 8.13. The molecular weight excluding hydrogens is 276 g/mol. The molecule has 4 atom stereocenters. The lowest BCUT2D eigenvalue weighted by Crippen LogP contribution is -2.82. The molecule has 2 N–H and O–H groups in total. The normalized spacial score (nSPS) is 41.3. The molecule has 1 amide bonds. The van der Waals surface area contributed by atoms with Crippen LogP contribution >= 0.6 is 0 Å². The van der Waals surface area contributed by atoms with Crippen LogP contribution in [0.3, 0.4) is 0 Å². The number of ether oxygens (including phenoxy) is 1. The first kappa shape index (κ1) is 16.3. The Balaban J connectivity index is 1.76. The van der Waals surface area contributed by atoms with Gasteiger partial charge >= 0.3 is 0 Å². The summed E-state index contributed by atoms with van der Waals surface area (Å²) < 4.78 is 5.93. The zero-order valence-electron chi connectivity index (χ0n) is 14.4. The third-order valence-corrected chi connectivity index (χ3v) is 6.75. The van der Waals surface area contributed by atoms with Crippen LogP contribution < -0.4 is 5.73 Å². The first-order chi connectivity index (χ1) is 10.4. The summed E-state index contributed by atoms with van der Waals surface area (Å²) in [5.74, 6) is 1.15. The van der Waals surface area contributed by atoms with Crippen molar-refractivity contribution in [3.8, 4) is 0 Å². The van der Waals surface area contributed by atoms with Gasteiger partial charge in [0.2, 0.25) is 5.91 Å². The third kappa shape index (κ3) is 2.22. The van der Waals surface area contributed by atoms with Crippen molar-refractivity contribution in [2.45, 2.75) is 70.9 Å². The van der Waals surface area contributed by atoms with Crippen molar-refractivity contribution in [3.05, 3.63) is 0 Å². The first-order valence-electron chi connectivity index (χ1n) is 9.12. The fraction of sp³-hybridized carbons (Fsp3) is 0.944.